The molecule has 0 spiro atoms. The fourth-order valence-corrected chi connectivity index (χ4v) is 4.37. The maximum Gasteiger partial charge on any atom is 0.243 e. The van der Waals surface area contributed by atoms with E-state index in [-0.39, 0.29) is 10.7 Å². The molecule has 1 aliphatic rings. The van der Waals surface area contributed by atoms with E-state index in [1.807, 2.05) is 0 Å². The summed E-state index contributed by atoms with van der Waals surface area (Å²) >= 11 is 0. The minimum Gasteiger partial charge on any atom is -0.316 e. The van der Waals surface area contributed by atoms with E-state index in [0.717, 1.165) is 19.3 Å². The Labute approximate surface area is 126 Å². The highest BCUT2D eigenvalue weighted by molar-refractivity contribution is 7.89. The van der Waals surface area contributed by atoms with Crippen LogP contribution in [0.4, 0.5) is 4.39 Å². The average molecular weight is 314 g/mol. The number of hydrogen-bond donors (Lipinski definition) is 1. The van der Waals surface area contributed by atoms with Crippen molar-refractivity contribution in [3.8, 4) is 0 Å². The van der Waals surface area contributed by atoms with E-state index in [1.165, 1.54) is 18.2 Å². The second-order valence-corrected chi connectivity index (χ2v) is 7.50. The van der Waals surface area contributed by atoms with E-state index in [2.05, 4.69) is 12.2 Å². The monoisotopic (exact) mass is 314 g/mol. The highest BCUT2D eigenvalue weighted by atomic mass is 32.2. The molecule has 1 N–H and O–H groups in total. The van der Waals surface area contributed by atoms with Crippen molar-refractivity contribution in [3.63, 3.8) is 0 Å². The predicted octanol–water partition coefficient (Wildman–Crippen LogP) is 2.36. The lowest BCUT2D eigenvalue weighted by atomic mass is 9.97. The molecule has 1 atom stereocenters. The zero-order valence-corrected chi connectivity index (χ0v) is 13.4. The molecule has 0 bridgehead atoms. The Balaban J connectivity index is 2.28. The molecule has 0 amide bonds. The minimum atomic E-state index is -3.52. The summed E-state index contributed by atoms with van der Waals surface area (Å²) in [4.78, 5) is 0.186. The van der Waals surface area contributed by atoms with Crippen LogP contribution in [0.15, 0.2) is 23.1 Å². The molecule has 1 saturated heterocycles. The van der Waals surface area contributed by atoms with E-state index in [1.54, 1.807) is 11.4 Å². The third kappa shape index (κ3) is 3.62. The average Bonchev–Trinajstić information content (AvgIpc) is 2.49. The number of sulfonamides is 1. The first-order valence-electron chi connectivity index (χ1n) is 7.42. The molecule has 1 aromatic carbocycles. The van der Waals surface area contributed by atoms with Crippen LogP contribution in [-0.4, -0.2) is 32.9 Å². The SMILES string of the molecule is CCC1CCCN(S(=O)(=O)c2ccc(F)c(CNC)c2)C1. The number of rotatable bonds is 5. The highest BCUT2D eigenvalue weighted by Gasteiger charge is 2.29. The van der Waals surface area contributed by atoms with Crippen LogP contribution in [0.3, 0.4) is 0 Å². The van der Waals surface area contributed by atoms with Gasteiger partial charge in [0.1, 0.15) is 5.82 Å². The molecule has 0 aromatic heterocycles. The molecule has 1 heterocycles. The lowest BCUT2D eigenvalue weighted by molar-refractivity contribution is 0.261. The van der Waals surface area contributed by atoms with E-state index >= 15 is 0 Å². The van der Waals surface area contributed by atoms with E-state index in [0.29, 0.717) is 31.1 Å². The molecule has 4 nitrogen and oxygen atoms in total. The van der Waals surface area contributed by atoms with Crippen molar-refractivity contribution in [3.05, 3.63) is 29.6 Å². The number of nitrogens with one attached hydrogen (secondary N) is 1. The normalized spacial score (nSPS) is 20.6. The quantitative estimate of drug-likeness (QED) is 0.907. The first-order chi connectivity index (χ1) is 9.98. The van der Waals surface area contributed by atoms with E-state index in [9.17, 15) is 12.8 Å². The van der Waals surface area contributed by atoms with Crippen LogP contribution in [0.5, 0.6) is 0 Å². The zero-order chi connectivity index (χ0) is 15.5. The standard InChI is InChI=1S/C15H23FN2O2S/c1-3-12-5-4-8-18(11-12)21(19,20)14-6-7-15(16)13(9-14)10-17-2/h6-7,9,12,17H,3-5,8,10-11H2,1-2H3. The van der Waals surface area contributed by atoms with Crippen molar-refractivity contribution < 1.29 is 12.8 Å². The molecular formula is C15H23FN2O2S. The molecule has 0 aliphatic carbocycles. The summed E-state index contributed by atoms with van der Waals surface area (Å²) in [5.41, 5.74) is 0.377. The van der Waals surface area contributed by atoms with Gasteiger partial charge in [-0.25, -0.2) is 12.8 Å². The molecule has 118 valence electrons. The summed E-state index contributed by atoms with van der Waals surface area (Å²) in [6.45, 7) is 3.52. The van der Waals surface area contributed by atoms with Crippen molar-refractivity contribution in [1.82, 2.24) is 9.62 Å². The van der Waals surface area contributed by atoms with Gasteiger partial charge < -0.3 is 5.32 Å². The van der Waals surface area contributed by atoms with Crippen molar-refractivity contribution in [2.75, 3.05) is 20.1 Å². The van der Waals surface area contributed by atoms with Gasteiger partial charge in [-0.1, -0.05) is 13.3 Å². The second kappa shape index (κ2) is 6.85. The first kappa shape index (κ1) is 16.4. The van der Waals surface area contributed by atoms with Gasteiger partial charge in [-0.05, 0) is 44.0 Å². The summed E-state index contributed by atoms with van der Waals surface area (Å²) in [5.74, 6) is 0.0409. The fraction of sp³-hybridized carbons (Fsp3) is 0.600. The number of piperidine rings is 1. The van der Waals surface area contributed by atoms with Gasteiger partial charge in [0.2, 0.25) is 10.0 Å². The maximum absolute atomic E-state index is 13.7. The molecular weight excluding hydrogens is 291 g/mol. The lowest BCUT2D eigenvalue weighted by Crippen LogP contribution is -2.39. The Morgan fingerprint density at radius 3 is 2.86 bits per heavy atom. The lowest BCUT2D eigenvalue weighted by Gasteiger charge is -2.31. The van der Waals surface area contributed by atoms with Crippen LogP contribution in [0.2, 0.25) is 0 Å². The smallest absolute Gasteiger partial charge is 0.243 e. The molecule has 0 saturated carbocycles. The van der Waals surface area contributed by atoms with Crippen LogP contribution in [0, 0.1) is 11.7 Å². The highest BCUT2D eigenvalue weighted by Crippen LogP contribution is 2.26. The largest absolute Gasteiger partial charge is 0.316 e. The molecule has 0 radical (unpaired) electrons. The number of benzene rings is 1. The van der Waals surface area contributed by atoms with Crippen LogP contribution >= 0.6 is 0 Å². The predicted molar refractivity (Wildman–Crippen MR) is 80.9 cm³/mol. The van der Waals surface area contributed by atoms with Crippen LogP contribution in [-0.2, 0) is 16.6 Å². The Hall–Kier alpha value is -0.980. The summed E-state index contributed by atoms with van der Waals surface area (Å²) in [5, 5.41) is 2.85. The van der Waals surface area contributed by atoms with Crippen molar-refractivity contribution >= 4 is 10.0 Å². The fourth-order valence-electron chi connectivity index (χ4n) is 2.76. The number of hydrogen-bond acceptors (Lipinski definition) is 3. The van der Waals surface area contributed by atoms with E-state index < -0.39 is 10.0 Å². The molecule has 1 aromatic rings. The zero-order valence-electron chi connectivity index (χ0n) is 12.6. The maximum atomic E-state index is 13.7. The topological polar surface area (TPSA) is 49.4 Å². The molecule has 1 aliphatic heterocycles. The third-order valence-electron chi connectivity index (χ3n) is 4.08. The van der Waals surface area contributed by atoms with Gasteiger partial charge in [0.25, 0.3) is 0 Å². The Bertz CT molecular complexity index is 589. The molecule has 1 unspecified atom stereocenters. The molecule has 1 fully saturated rings. The molecule has 2 rings (SSSR count). The summed E-state index contributed by atoms with van der Waals surface area (Å²) < 4.78 is 40.6. The van der Waals surface area contributed by atoms with Gasteiger partial charge in [0.05, 0.1) is 4.90 Å². The second-order valence-electron chi connectivity index (χ2n) is 5.56. The number of nitrogens with zero attached hydrogens (tertiary/aromatic N) is 1. The molecule has 21 heavy (non-hydrogen) atoms. The Morgan fingerprint density at radius 1 is 1.43 bits per heavy atom. The summed E-state index contributed by atoms with van der Waals surface area (Å²) in [6.07, 6.45) is 2.96. The van der Waals surface area contributed by atoms with Crippen LogP contribution in [0.1, 0.15) is 31.7 Å². The van der Waals surface area contributed by atoms with Gasteiger partial charge in [-0.15, -0.1) is 0 Å². The van der Waals surface area contributed by atoms with Gasteiger partial charge in [-0.3, -0.25) is 0 Å². The van der Waals surface area contributed by atoms with Crippen molar-refractivity contribution in [1.29, 1.82) is 0 Å². The van der Waals surface area contributed by atoms with Gasteiger partial charge in [-0.2, -0.15) is 4.31 Å². The molecule has 6 heteroatoms. The van der Waals surface area contributed by atoms with Crippen LogP contribution in [0.25, 0.3) is 0 Å². The first-order valence-corrected chi connectivity index (χ1v) is 8.86. The van der Waals surface area contributed by atoms with Gasteiger partial charge in [0, 0.05) is 25.2 Å². The van der Waals surface area contributed by atoms with Gasteiger partial charge in [0.15, 0.2) is 0 Å². The van der Waals surface area contributed by atoms with E-state index in [4.69, 9.17) is 0 Å². The van der Waals surface area contributed by atoms with Crippen LogP contribution < -0.4 is 5.32 Å². The number of halogens is 1. The van der Waals surface area contributed by atoms with Crippen molar-refractivity contribution in [2.45, 2.75) is 37.6 Å². The van der Waals surface area contributed by atoms with Gasteiger partial charge >= 0.3 is 0 Å². The van der Waals surface area contributed by atoms with Crippen molar-refractivity contribution in [2.24, 2.45) is 5.92 Å². The minimum absolute atomic E-state index is 0.186. The summed E-state index contributed by atoms with van der Waals surface area (Å²) in [7, 11) is -1.82. The summed E-state index contributed by atoms with van der Waals surface area (Å²) in [6, 6.07) is 4.04. The Morgan fingerprint density at radius 2 is 2.19 bits per heavy atom. The third-order valence-corrected chi connectivity index (χ3v) is 5.94. The Kier molecular flexibility index (Phi) is 5.35.